The van der Waals surface area contributed by atoms with Gasteiger partial charge in [0.05, 0.1) is 12.2 Å². The highest BCUT2D eigenvalue weighted by atomic mass is 15.4. The molecule has 66 valence electrons. The molecule has 1 aromatic rings. The van der Waals surface area contributed by atoms with Crippen molar-refractivity contribution in [2.75, 3.05) is 0 Å². The van der Waals surface area contributed by atoms with Crippen LogP contribution in [0.5, 0.6) is 0 Å². The van der Waals surface area contributed by atoms with Gasteiger partial charge in [0.15, 0.2) is 0 Å². The van der Waals surface area contributed by atoms with Crippen LogP contribution < -0.4 is 5.73 Å². The minimum Gasteiger partial charge on any atom is -0.319 e. The molecule has 1 unspecified atom stereocenters. The quantitative estimate of drug-likeness (QED) is 0.660. The third kappa shape index (κ3) is 2.17. The van der Waals surface area contributed by atoms with Gasteiger partial charge in [-0.1, -0.05) is 11.6 Å². The van der Waals surface area contributed by atoms with Crippen LogP contribution >= 0.6 is 0 Å². The van der Waals surface area contributed by atoms with E-state index in [1.54, 1.807) is 13.2 Å². The van der Waals surface area contributed by atoms with Gasteiger partial charge in [0, 0.05) is 7.05 Å². The highest BCUT2D eigenvalue weighted by Gasteiger charge is 2.05. The molecule has 0 aliphatic carbocycles. The van der Waals surface area contributed by atoms with Crippen LogP contribution in [0.2, 0.25) is 0 Å². The number of allylic oxidation sites excluding steroid dienone is 1. The Morgan fingerprint density at radius 1 is 1.67 bits per heavy atom. The van der Waals surface area contributed by atoms with Gasteiger partial charge in [-0.2, -0.15) is 15.0 Å². The van der Waals surface area contributed by atoms with E-state index in [9.17, 15) is 0 Å². The van der Waals surface area contributed by atoms with E-state index >= 15 is 0 Å². The minimum absolute atomic E-state index is 0.135. The van der Waals surface area contributed by atoms with Crippen molar-refractivity contribution in [3.63, 3.8) is 0 Å². The Kier molecular flexibility index (Phi) is 2.60. The van der Waals surface area contributed by atoms with Crippen molar-refractivity contribution in [2.45, 2.75) is 19.9 Å². The average Bonchev–Trinajstić information content (AvgIpc) is 2.34. The fourth-order valence-corrected chi connectivity index (χ4v) is 0.959. The maximum atomic E-state index is 5.82. The van der Waals surface area contributed by atoms with E-state index in [-0.39, 0.29) is 6.04 Å². The molecule has 0 radical (unpaired) electrons. The van der Waals surface area contributed by atoms with E-state index in [4.69, 9.17) is 5.73 Å². The molecule has 1 atom stereocenters. The van der Waals surface area contributed by atoms with E-state index in [1.165, 1.54) is 10.4 Å². The SMILES string of the molecule is CC(C)=CC(N)c1cnn(C)n1. The molecule has 1 heterocycles. The molecule has 0 aliphatic rings. The molecule has 1 aromatic heterocycles. The molecule has 4 heteroatoms. The van der Waals surface area contributed by atoms with Crippen molar-refractivity contribution < 1.29 is 0 Å². The van der Waals surface area contributed by atoms with E-state index in [0.717, 1.165) is 5.69 Å². The van der Waals surface area contributed by atoms with Gasteiger partial charge >= 0.3 is 0 Å². The van der Waals surface area contributed by atoms with Gasteiger partial charge in [0.25, 0.3) is 0 Å². The third-order valence-electron chi connectivity index (χ3n) is 1.47. The molecule has 2 N–H and O–H groups in total. The first kappa shape index (κ1) is 8.93. The summed E-state index contributed by atoms with van der Waals surface area (Å²) in [5, 5.41) is 8.04. The Balaban J connectivity index is 2.78. The van der Waals surface area contributed by atoms with Crippen molar-refractivity contribution in [3.05, 3.63) is 23.5 Å². The van der Waals surface area contributed by atoms with E-state index in [1.807, 2.05) is 19.9 Å². The van der Waals surface area contributed by atoms with Gasteiger partial charge in [-0.3, -0.25) is 0 Å². The van der Waals surface area contributed by atoms with Crippen LogP contribution in [0.1, 0.15) is 25.6 Å². The second-order valence-corrected chi connectivity index (χ2v) is 3.03. The number of aromatic nitrogens is 3. The first-order valence-electron chi connectivity index (χ1n) is 3.86. The lowest BCUT2D eigenvalue weighted by Crippen LogP contribution is -2.08. The van der Waals surface area contributed by atoms with Crippen LogP contribution in [0.25, 0.3) is 0 Å². The highest BCUT2D eigenvalue weighted by molar-refractivity contribution is 5.11. The van der Waals surface area contributed by atoms with Crippen LogP contribution in [0, 0.1) is 0 Å². The molecular weight excluding hydrogens is 152 g/mol. The Labute approximate surface area is 72.1 Å². The van der Waals surface area contributed by atoms with E-state index in [2.05, 4.69) is 10.2 Å². The maximum Gasteiger partial charge on any atom is 0.103 e. The number of hydrogen-bond acceptors (Lipinski definition) is 3. The molecular formula is C8H14N4. The Morgan fingerprint density at radius 3 is 2.75 bits per heavy atom. The maximum absolute atomic E-state index is 5.82. The van der Waals surface area contributed by atoms with Crippen LogP contribution in [-0.2, 0) is 7.05 Å². The summed E-state index contributed by atoms with van der Waals surface area (Å²) in [6.45, 7) is 4.02. The van der Waals surface area contributed by atoms with Crippen molar-refractivity contribution >= 4 is 0 Å². The summed E-state index contributed by atoms with van der Waals surface area (Å²) >= 11 is 0. The number of aryl methyl sites for hydroxylation is 1. The number of hydrogen-bond donors (Lipinski definition) is 1. The normalized spacial score (nSPS) is 12.7. The first-order chi connectivity index (χ1) is 5.59. The zero-order valence-electron chi connectivity index (χ0n) is 7.65. The zero-order valence-corrected chi connectivity index (χ0v) is 7.65. The second kappa shape index (κ2) is 3.49. The molecule has 0 aromatic carbocycles. The summed E-state index contributed by atoms with van der Waals surface area (Å²) < 4.78 is 0. The van der Waals surface area contributed by atoms with Gasteiger partial charge < -0.3 is 5.73 Å². The number of nitrogens with zero attached hydrogens (tertiary/aromatic N) is 3. The van der Waals surface area contributed by atoms with E-state index < -0.39 is 0 Å². The van der Waals surface area contributed by atoms with Crippen LogP contribution in [0.3, 0.4) is 0 Å². The summed E-state index contributed by atoms with van der Waals surface area (Å²) in [6.07, 6.45) is 3.65. The zero-order chi connectivity index (χ0) is 9.14. The Bertz CT molecular complexity index is 283. The van der Waals surface area contributed by atoms with Crippen molar-refractivity contribution in [1.29, 1.82) is 0 Å². The van der Waals surface area contributed by atoms with Gasteiger partial charge in [-0.25, -0.2) is 0 Å². The van der Waals surface area contributed by atoms with Crippen LogP contribution in [0.4, 0.5) is 0 Å². The lowest BCUT2D eigenvalue weighted by Gasteiger charge is -2.01. The average molecular weight is 166 g/mol. The lowest BCUT2D eigenvalue weighted by molar-refractivity contribution is 0.639. The minimum atomic E-state index is -0.135. The molecule has 0 amide bonds. The summed E-state index contributed by atoms with van der Waals surface area (Å²) in [6, 6.07) is -0.135. The molecule has 12 heavy (non-hydrogen) atoms. The van der Waals surface area contributed by atoms with Crippen molar-refractivity contribution in [2.24, 2.45) is 12.8 Å². The predicted octanol–water partition coefficient (Wildman–Crippen LogP) is 0.781. The standard InChI is InChI=1S/C8H14N4/c1-6(2)4-7(9)8-5-10-12(3)11-8/h4-5,7H,9H2,1-3H3. The highest BCUT2D eigenvalue weighted by Crippen LogP contribution is 2.08. The van der Waals surface area contributed by atoms with Crippen LogP contribution in [-0.4, -0.2) is 15.0 Å². The number of nitrogens with two attached hydrogens (primary N) is 1. The molecule has 0 aliphatic heterocycles. The lowest BCUT2D eigenvalue weighted by atomic mass is 10.2. The molecule has 0 saturated heterocycles. The van der Waals surface area contributed by atoms with Gasteiger partial charge in [0.1, 0.15) is 5.69 Å². The predicted molar refractivity (Wildman–Crippen MR) is 47.4 cm³/mol. The molecule has 1 rings (SSSR count). The largest absolute Gasteiger partial charge is 0.319 e. The number of rotatable bonds is 2. The fourth-order valence-electron chi connectivity index (χ4n) is 0.959. The molecule has 0 spiro atoms. The topological polar surface area (TPSA) is 56.7 Å². The molecule has 0 saturated carbocycles. The summed E-state index contributed by atoms with van der Waals surface area (Å²) in [7, 11) is 1.78. The molecule has 0 fully saturated rings. The molecule has 0 bridgehead atoms. The Morgan fingerprint density at radius 2 is 2.33 bits per heavy atom. The van der Waals surface area contributed by atoms with Crippen LogP contribution in [0.15, 0.2) is 17.8 Å². The summed E-state index contributed by atoms with van der Waals surface area (Å²) in [5.74, 6) is 0. The van der Waals surface area contributed by atoms with Gasteiger partial charge in [0.2, 0.25) is 0 Å². The van der Waals surface area contributed by atoms with Gasteiger partial charge in [-0.05, 0) is 13.8 Å². The van der Waals surface area contributed by atoms with Crippen molar-refractivity contribution in [3.8, 4) is 0 Å². The summed E-state index contributed by atoms with van der Waals surface area (Å²) in [5.41, 5.74) is 7.81. The van der Waals surface area contributed by atoms with Crippen molar-refractivity contribution in [1.82, 2.24) is 15.0 Å². The smallest absolute Gasteiger partial charge is 0.103 e. The summed E-state index contributed by atoms with van der Waals surface area (Å²) in [4.78, 5) is 1.51. The van der Waals surface area contributed by atoms with E-state index in [0.29, 0.717) is 0 Å². The second-order valence-electron chi connectivity index (χ2n) is 3.03. The third-order valence-corrected chi connectivity index (χ3v) is 1.47. The first-order valence-corrected chi connectivity index (χ1v) is 3.86. The molecule has 4 nitrogen and oxygen atoms in total. The monoisotopic (exact) mass is 166 g/mol. The van der Waals surface area contributed by atoms with Gasteiger partial charge in [-0.15, -0.1) is 0 Å². The Hall–Kier alpha value is -1.16. The fraction of sp³-hybridized carbons (Fsp3) is 0.500.